The second-order valence-corrected chi connectivity index (χ2v) is 5.79. The molecule has 1 N–H and O–H groups in total. The van der Waals surface area contributed by atoms with E-state index in [1.807, 2.05) is 0 Å². The highest BCUT2D eigenvalue weighted by Gasteiger charge is 2.50. The van der Waals surface area contributed by atoms with E-state index in [0.29, 0.717) is 12.5 Å². The summed E-state index contributed by atoms with van der Waals surface area (Å²) in [5.41, 5.74) is 0. The normalized spacial score (nSPS) is 30.2. The summed E-state index contributed by atoms with van der Waals surface area (Å²) in [5.74, 6) is -0.540. The average molecular weight is 277 g/mol. The number of carbonyl (C=O) groups excluding carboxylic acids is 1. The van der Waals surface area contributed by atoms with Crippen LogP contribution in [-0.2, 0) is 9.59 Å². The molecule has 2 fully saturated rings. The van der Waals surface area contributed by atoms with Gasteiger partial charge >= 0.3 is 5.97 Å². The van der Waals surface area contributed by atoms with Crippen molar-refractivity contribution in [1.82, 2.24) is 14.7 Å². The van der Waals surface area contributed by atoms with Crippen molar-refractivity contribution in [3.63, 3.8) is 0 Å². The van der Waals surface area contributed by atoms with Crippen molar-refractivity contribution < 1.29 is 14.7 Å². The monoisotopic (exact) mass is 277 g/mol. The molecule has 4 unspecified atom stereocenters. The Morgan fingerprint density at radius 1 is 1.40 bits per heavy atom. The zero-order valence-corrected chi connectivity index (χ0v) is 11.5. The summed E-state index contributed by atoms with van der Waals surface area (Å²) >= 11 is 0. The predicted octanol–water partition coefficient (Wildman–Crippen LogP) is 1.16. The molecule has 1 aromatic heterocycles. The maximum absolute atomic E-state index is 12.6. The Balaban J connectivity index is 1.82. The zero-order valence-electron chi connectivity index (χ0n) is 11.5. The van der Waals surface area contributed by atoms with E-state index in [1.54, 1.807) is 35.0 Å². The molecular formula is C14H19N3O3. The third-order valence-corrected chi connectivity index (χ3v) is 4.71. The van der Waals surface area contributed by atoms with Crippen LogP contribution in [0.5, 0.6) is 0 Å². The van der Waals surface area contributed by atoms with Gasteiger partial charge in [-0.25, -0.2) is 4.79 Å². The summed E-state index contributed by atoms with van der Waals surface area (Å²) in [7, 11) is 0. The predicted molar refractivity (Wildman–Crippen MR) is 70.9 cm³/mol. The molecule has 0 radical (unpaired) electrons. The van der Waals surface area contributed by atoms with Crippen LogP contribution in [0.3, 0.4) is 0 Å². The third kappa shape index (κ3) is 1.99. The number of aromatic nitrogens is 2. The molecule has 2 aliphatic rings. The number of amides is 1. The van der Waals surface area contributed by atoms with Gasteiger partial charge in [-0.1, -0.05) is 6.42 Å². The molecule has 1 aliphatic heterocycles. The van der Waals surface area contributed by atoms with Crippen LogP contribution in [0.4, 0.5) is 0 Å². The second kappa shape index (κ2) is 4.92. The number of hydrogen-bond acceptors (Lipinski definition) is 3. The number of carbonyl (C=O) groups is 2. The number of carboxylic acids is 1. The lowest BCUT2D eigenvalue weighted by Crippen LogP contribution is -2.45. The molecule has 1 saturated carbocycles. The van der Waals surface area contributed by atoms with Crippen LogP contribution in [0.1, 0.15) is 32.2 Å². The molecule has 2 heterocycles. The smallest absolute Gasteiger partial charge is 0.326 e. The van der Waals surface area contributed by atoms with Gasteiger partial charge in [-0.05, 0) is 37.7 Å². The van der Waals surface area contributed by atoms with E-state index >= 15 is 0 Å². The fraction of sp³-hybridized carbons (Fsp3) is 0.643. The van der Waals surface area contributed by atoms with Crippen LogP contribution in [-0.4, -0.2) is 44.3 Å². The number of rotatable bonds is 3. The van der Waals surface area contributed by atoms with E-state index < -0.39 is 18.1 Å². The zero-order chi connectivity index (χ0) is 14.3. The van der Waals surface area contributed by atoms with Crippen molar-refractivity contribution in [1.29, 1.82) is 0 Å². The van der Waals surface area contributed by atoms with Crippen molar-refractivity contribution in [2.24, 2.45) is 11.8 Å². The number of nitrogens with zero attached hydrogens (tertiary/aromatic N) is 3. The Labute approximate surface area is 117 Å². The van der Waals surface area contributed by atoms with Gasteiger partial charge in [0.25, 0.3) is 0 Å². The molecule has 1 aromatic rings. The minimum Gasteiger partial charge on any atom is -0.480 e. The van der Waals surface area contributed by atoms with E-state index in [0.717, 1.165) is 19.3 Å². The summed E-state index contributed by atoms with van der Waals surface area (Å²) in [6.45, 7) is 2.34. The minimum absolute atomic E-state index is 0.126. The van der Waals surface area contributed by atoms with Gasteiger partial charge in [0.05, 0.1) is 0 Å². The van der Waals surface area contributed by atoms with Crippen LogP contribution < -0.4 is 0 Å². The molecule has 6 heteroatoms. The van der Waals surface area contributed by atoms with Gasteiger partial charge in [-0.3, -0.25) is 9.48 Å². The standard InChI is InChI=1S/C14H19N3O3/c1-9(17-7-3-6-15-17)13(18)16-8-10-4-2-5-11(10)12(16)14(19)20/h3,6-7,9-12H,2,4-5,8H2,1H3,(H,19,20). The molecule has 1 amide bonds. The molecule has 20 heavy (non-hydrogen) atoms. The minimum atomic E-state index is -0.875. The van der Waals surface area contributed by atoms with Crippen LogP contribution in [0.15, 0.2) is 18.5 Å². The lowest BCUT2D eigenvalue weighted by atomic mass is 9.94. The highest BCUT2D eigenvalue weighted by atomic mass is 16.4. The molecule has 4 atom stereocenters. The van der Waals surface area contributed by atoms with Crippen molar-refractivity contribution in [3.05, 3.63) is 18.5 Å². The van der Waals surface area contributed by atoms with Crippen molar-refractivity contribution in [2.75, 3.05) is 6.54 Å². The summed E-state index contributed by atoms with van der Waals surface area (Å²) in [6, 6.07) is 0.649. The van der Waals surface area contributed by atoms with Gasteiger partial charge in [-0.2, -0.15) is 5.10 Å². The molecule has 0 bridgehead atoms. The summed E-state index contributed by atoms with van der Waals surface area (Å²) in [4.78, 5) is 25.7. The molecule has 0 aromatic carbocycles. The van der Waals surface area contributed by atoms with E-state index in [1.165, 1.54) is 0 Å². The molecule has 108 valence electrons. The molecular weight excluding hydrogens is 258 g/mol. The number of aliphatic carboxylic acids is 1. The lowest BCUT2D eigenvalue weighted by molar-refractivity contribution is -0.150. The largest absolute Gasteiger partial charge is 0.480 e. The van der Waals surface area contributed by atoms with Crippen molar-refractivity contribution in [3.8, 4) is 0 Å². The number of hydrogen-bond donors (Lipinski definition) is 1. The van der Waals surface area contributed by atoms with Gasteiger partial charge in [0.15, 0.2) is 0 Å². The fourth-order valence-electron chi connectivity index (χ4n) is 3.71. The Morgan fingerprint density at radius 3 is 2.85 bits per heavy atom. The van der Waals surface area contributed by atoms with Crippen LogP contribution in [0, 0.1) is 11.8 Å². The van der Waals surface area contributed by atoms with Gasteiger partial charge in [-0.15, -0.1) is 0 Å². The maximum Gasteiger partial charge on any atom is 0.326 e. The van der Waals surface area contributed by atoms with E-state index in [2.05, 4.69) is 5.10 Å². The van der Waals surface area contributed by atoms with Gasteiger partial charge in [0.1, 0.15) is 12.1 Å². The second-order valence-electron chi connectivity index (χ2n) is 5.79. The van der Waals surface area contributed by atoms with E-state index in [4.69, 9.17) is 0 Å². The van der Waals surface area contributed by atoms with Crippen LogP contribution in [0.25, 0.3) is 0 Å². The molecule has 1 aliphatic carbocycles. The quantitative estimate of drug-likeness (QED) is 0.899. The summed E-state index contributed by atoms with van der Waals surface area (Å²) < 4.78 is 1.58. The van der Waals surface area contributed by atoms with Gasteiger partial charge < -0.3 is 10.0 Å². The summed E-state index contributed by atoms with van der Waals surface area (Å²) in [5, 5.41) is 13.5. The van der Waals surface area contributed by atoms with Crippen molar-refractivity contribution in [2.45, 2.75) is 38.3 Å². The number of likely N-dealkylation sites (tertiary alicyclic amines) is 1. The van der Waals surface area contributed by atoms with Gasteiger partial charge in [0.2, 0.25) is 5.91 Å². The Morgan fingerprint density at radius 2 is 2.20 bits per heavy atom. The SMILES string of the molecule is CC(C(=O)N1CC2CCCC2C1C(=O)O)n1cccn1. The summed E-state index contributed by atoms with van der Waals surface area (Å²) in [6.07, 6.45) is 6.39. The van der Waals surface area contributed by atoms with Crippen LogP contribution in [0.2, 0.25) is 0 Å². The molecule has 1 saturated heterocycles. The van der Waals surface area contributed by atoms with E-state index in [-0.39, 0.29) is 11.8 Å². The maximum atomic E-state index is 12.6. The van der Waals surface area contributed by atoms with Crippen LogP contribution >= 0.6 is 0 Å². The number of carboxylic acid groups (broad SMARTS) is 1. The highest BCUT2D eigenvalue weighted by Crippen LogP contribution is 2.42. The van der Waals surface area contributed by atoms with Gasteiger partial charge in [0, 0.05) is 18.9 Å². The molecule has 6 nitrogen and oxygen atoms in total. The number of fused-ring (bicyclic) bond motifs is 1. The van der Waals surface area contributed by atoms with E-state index in [9.17, 15) is 14.7 Å². The lowest BCUT2D eigenvalue weighted by Gasteiger charge is -2.27. The Kier molecular flexibility index (Phi) is 3.23. The van der Waals surface area contributed by atoms with Crippen molar-refractivity contribution >= 4 is 11.9 Å². The fourth-order valence-corrected chi connectivity index (χ4v) is 3.71. The highest BCUT2D eigenvalue weighted by molar-refractivity contribution is 5.86. The average Bonchev–Trinajstić information content (AvgIpc) is 3.11. The Bertz CT molecular complexity index is 514. The first-order valence-corrected chi connectivity index (χ1v) is 7.12. The first kappa shape index (κ1) is 13.1. The molecule has 0 spiro atoms. The Hall–Kier alpha value is -1.85. The first-order valence-electron chi connectivity index (χ1n) is 7.12. The molecule has 3 rings (SSSR count). The first-order chi connectivity index (χ1) is 9.59. The third-order valence-electron chi connectivity index (χ3n) is 4.71. The topological polar surface area (TPSA) is 75.4 Å².